The molecule has 21 heavy (non-hydrogen) atoms. The zero-order valence-electron chi connectivity index (χ0n) is 12.5. The molecule has 0 saturated carbocycles. The molecule has 0 heterocycles. The normalized spacial score (nSPS) is 13.3. The second-order valence-corrected chi connectivity index (χ2v) is 4.67. The zero-order chi connectivity index (χ0) is 15.8. The molecule has 2 unspecified atom stereocenters. The quantitative estimate of drug-likeness (QED) is 0.750. The van der Waals surface area contributed by atoms with Crippen molar-refractivity contribution in [1.82, 2.24) is 5.32 Å². The van der Waals surface area contributed by atoms with E-state index in [-0.39, 0.29) is 18.9 Å². The van der Waals surface area contributed by atoms with Crippen molar-refractivity contribution in [2.24, 2.45) is 5.92 Å². The van der Waals surface area contributed by atoms with Gasteiger partial charge in [0.15, 0.2) is 0 Å². The molecule has 1 amide bonds. The number of benzene rings is 1. The molecule has 6 nitrogen and oxygen atoms in total. The van der Waals surface area contributed by atoms with Crippen LogP contribution in [0.4, 0.5) is 0 Å². The number of para-hydroxylation sites is 1. The minimum absolute atomic E-state index is 0.0416. The van der Waals surface area contributed by atoms with Gasteiger partial charge in [-0.25, -0.2) is 0 Å². The third-order valence-corrected chi connectivity index (χ3v) is 3.25. The highest BCUT2D eigenvalue weighted by molar-refractivity contribution is 5.81. The zero-order valence-corrected chi connectivity index (χ0v) is 12.5. The third kappa shape index (κ3) is 5.07. The number of carboxylic acids is 1. The molecule has 0 aromatic heterocycles. The lowest BCUT2D eigenvalue weighted by molar-refractivity contribution is -0.141. The van der Waals surface area contributed by atoms with Gasteiger partial charge in [-0.1, -0.05) is 18.2 Å². The number of carboxylic acid groups (broad SMARTS) is 1. The van der Waals surface area contributed by atoms with Crippen molar-refractivity contribution in [3.8, 4) is 5.75 Å². The Morgan fingerprint density at radius 3 is 2.52 bits per heavy atom. The summed E-state index contributed by atoms with van der Waals surface area (Å²) in [5.41, 5.74) is 0.793. The lowest BCUT2D eigenvalue weighted by Gasteiger charge is -2.17. The Balaban J connectivity index is 2.70. The van der Waals surface area contributed by atoms with Crippen LogP contribution in [0.25, 0.3) is 0 Å². The monoisotopic (exact) mass is 295 g/mol. The van der Waals surface area contributed by atoms with Crippen molar-refractivity contribution in [2.75, 3.05) is 20.8 Å². The Morgan fingerprint density at radius 2 is 1.95 bits per heavy atom. The van der Waals surface area contributed by atoms with Crippen molar-refractivity contribution in [2.45, 2.75) is 19.4 Å². The average molecular weight is 295 g/mol. The van der Waals surface area contributed by atoms with Crippen LogP contribution in [0.15, 0.2) is 24.3 Å². The van der Waals surface area contributed by atoms with Crippen LogP contribution in [0, 0.1) is 5.92 Å². The van der Waals surface area contributed by atoms with Crippen LogP contribution < -0.4 is 10.1 Å². The first-order valence-electron chi connectivity index (χ1n) is 6.64. The number of carbonyl (C=O) groups excluding carboxylic acids is 1. The van der Waals surface area contributed by atoms with Gasteiger partial charge in [-0.15, -0.1) is 0 Å². The second-order valence-electron chi connectivity index (χ2n) is 4.67. The van der Waals surface area contributed by atoms with E-state index in [1.165, 1.54) is 14.2 Å². The topological polar surface area (TPSA) is 84.9 Å². The largest absolute Gasteiger partial charge is 0.496 e. The maximum Gasteiger partial charge on any atom is 0.308 e. The number of methoxy groups -OCH3 is 2. The highest BCUT2D eigenvalue weighted by Gasteiger charge is 2.22. The summed E-state index contributed by atoms with van der Waals surface area (Å²) >= 11 is 0. The fourth-order valence-electron chi connectivity index (χ4n) is 1.86. The predicted octanol–water partition coefficient (Wildman–Crippen LogP) is 1.09. The number of rotatable bonds is 8. The molecule has 0 spiro atoms. The van der Waals surface area contributed by atoms with Crippen LogP contribution in [-0.4, -0.2) is 43.9 Å². The minimum atomic E-state index is -0.966. The molecular formula is C15H21NO5. The van der Waals surface area contributed by atoms with Gasteiger partial charge in [0.25, 0.3) is 0 Å². The Morgan fingerprint density at radius 1 is 1.29 bits per heavy atom. The van der Waals surface area contributed by atoms with Crippen molar-refractivity contribution in [3.05, 3.63) is 29.8 Å². The van der Waals surface area contributed by atoms with Crippen LogP contribution in [0.1, 0.15) is 12.5 Å². The lowest BCUT2D eigenvalue weighted by atomic mass is 9.98. The fourth-order valence-corrected chi connectivity index (χ4v) is 1.86. The van der Waals surface area contributed by atoms with Crippen molar-refractivity contribution >= 4 is 11.9 Å². The van der Waals surface area contributed by atoms with Crippen molar-refractivity contribution in [1.29, 1.82) is 0 Å². The SMILES string of the molecule is COc1ccccc1CC(CNC(=O)C(C)OC)C(=O)O. The Hall–Kier alpha value is -2.08. The molecule has 0 aliphatic carbocycles. The Kier molecular flexibility index (Phi) is 6.68. The third-order valence-electron chi connectivity index (χ3n) is 3.25. The van der Waals surface area contributed by atoms with Gasteiger partial charge in [0.05, 0.1) is 13.0 Å². The van der Waals surface area contributed by atoms with E-state index in [9.17, 15) is 14.7 Å². The number of amides is 1. The predicted molar refractivity (Wildman–Crippen MR) is 77.3 cm³/mol. The standard InChI is InChI=1S/C15H21NO5/c1-10(20-2)14(17)16-9-12(15(18)19)8-11-6-4-5-7-13(11)21-3/h4-7,10,12H,8-9H2,1-3H3,(H,16,17)(H,18,19). The maximum absolute atomic E-state index is 11.6. The lowest BCUT2D eigenvalue weighted by Crippen LogP contribution is -2.39. The van der Waals surface area contributed by atoms with E-state index in [1.807, 2.05) is 18.2 Å². The van der Waals surface area contributed by atoms with Crippen LogP contribution in [0.3, 0.4) is 0 Å². The van der Waals surface area contributed by atoms with Gasteiger partial charge in [0.2, 0.25) is 5.91 Å². The van der Waals surface area contributed by atoms with Crippen LogP contribution in [0.5, 0.6) is 5.75 Å². The molecular weight excluding hydrogens is 274 g/mol. The van der Waals surface area contributed by atoms with Gasteiger partial charge in [-0.05, 0) is 25.0 Å². The molecule has 0 aliphatic heterocycles. The molecule has 0 radical (unpaired) electrons. The minimum Gasteiger partial charge on any atom is -0.496 e. The van der Waals surface area contributed by atoms with Crippen molar-refractivity contribution in [3.63, 3.8) is 0 Å². The summed E-state index contributed by atoms with van der Waals surface area (Å²) in [5.74, 6) is -1.38. The summed E-state index contributed by atoms with van der Waals surface area (Å²) < 4.78 is 10.1. The molecule has 116 valence electrons. The van der Waals surface area contributed by atoms with Gasteiger partial charge in [-0.3, -0.25) is 9.59 Å². The van der Waals surface area contributed by atoms with Gasteiger partial charge in [0, 0.05) is 13.7 Å². The molecule has 6 heteroatoms. The molecule has 0 saturated heterocycles. The molecule has 0 fully saturated rings. The number of hydrogen-bond acceptors (Lipinski definition) is 4. The number of carbonyl (C=O) groups is 2. The number of nitrogens with one attached hydrogen (secondary N) is 1. The van der Waals surface area contributed by atoms with E-state index >= 15 is 0 Å². The average Bonchev–Trinajstić information content (AvgIpc) is 2.50. The van der Waals surface area contributed by atoms with Crippen molar-refractivity contribution < 1.29 is 24.2 Å². The summed E-state index contributed by atoms with van der Waals surface area (Å²) in [5, 5.41) is 11.9. The maximum atomic E-state index is 11.6. The smallest absolute Gasteiger partial charge is 0.308 e. The van der Waals surface area contributed by atoms with E-state index in [4.69, 9.17) is 9.47 Å². The number of aliphatic carboxylic acids is 1. The van der Waals surface area contributed by atoms with Crippen LogP contribution in [0.2, 0.25) is 0 Å². The highest BCUT2D eigenvalue weighted by atomic mass is 16.5. The summed E-state index contributed by atoms with van der Waals surface area (Å²) in [4.78, 5) is 23.0. The molecule has 0 bridgehead atoms. The fraction of sp³-hybridized carbons (Fsp3) is 0.467. The Labute approximate surface area is 124 Å². The van der Waals surface area contributed by atoms with E-state index in [0.29, 0.717) is 5.75 Å². The first-order chi connectivity index (χ1) is 9.99. The first-order valence-corrected chi connectivity index (χ1v) is 6.64. The number of hydrogen-bond donors (Lipinski definition) is 2. The van der Waals surface area contributed by atoms with Gasteiger partial charge < -0.3 is 19.9 Å². The van der Waals surface area contributed by atoms with E-state index < -0.39 is 18.0 Å². The highest BCUT2D eigenvalue weighted by Crippen LogP contribution is 2.21. The summed E-state index contributed by atoms with van der Waals surface area (Å²) in [6.07, 6.45) is -0.327. The van der Waals surface area contributed by atoms with E-state index in [1.54, 1.807) is 13.0 Å². The summed E-state index contributed by atoms with van der Waals surface area (Å²) in [6, 6.07) is 7.23. The molecule has 0 aliphatic rings. The van der Waals surface area contributed by atoms with Crippen LogP contribution in [-0.2, 0) is 20.7 Å². The van der Waals surface area contributed by atoms with Crippen LogP contribution >= 0.6 is 0 Å². The molecule has 1 aromatic carbocycles. The molecule has 2 N–H and O–H groups in total. The van der Waals surface area contributed by atoms with E-state index in [2.05, 4.69) is 5.32 Å². The molecule has 1 rings (SSSR count). The second kappa shape index (κ2) is 8.26. The summed E-state index contributed by atoms with van der Waals surface area (Å²) in [7, 11) is 2.96. The van der Waals surface area contributed by atoms with Gasteiger partial charge in [0.1, 0.15) is 11.9 Å². The number of ether oxygens (including phenoxy) is 2. The Bertz CT molecular complexity index is 489. The van der Waals surface area contributed by atoms with E-state index in [0.717, 1.165) is 5.56 Å². The first kappa shape index (κ1) is 17.0. The summed E-state index contributed by atoms with van der Waals surface area (Å²) in [6.45, 7) is 1.64. The van der Waals surface area contributed by atoms with Gasteiger partial charge in [-0.2, -0.15) is 0 Å². The van der Waals surface area contributed by atoms with Gasteiger partial charge >= 0.3 is 5.97 Å². The molecule has 2 atom stereocenters. The molecule has 1 aromatic rings.